The van der Waals surface area contributed by atoms with E-state index < -0.39 is 11.6 Å². The Balaban J connectivity index is 2.12. The van der Waals surface area contributed by atoms with Gasteiger partial charge in [0, 0.05) is 6.54 Å². The van der Waals surface area contributed by atoms with Crippen molar-refractivity contribution in [3.8, 4) is 6.07 Å². The second-order valence-corrected chi connectivity index (χ2v) is 6.56. The van der Waals surface area contributed by atoms with Crippen molar-refractivity contribution in [2.45, 2.75) is 46.0 Å². The maximum atomic E-state index is 13.9. The van der Waals surface area contributed by atoms with E-state index in [-0.39, 0.29) is 16.7 Å². The Kier molecular flexibility index (Phi) is 4.82. The van der Waals surface area contributed by atoms with Crippen LogP contribution in [-0.2, 0) is 0 Å². The topological polar surface area (TPSA) is 35.8 Å². The highest BCUT2D eigenvalue weighted by molar-refractivity contribution is 5.49. The van der Waals surface area contributed by atoms with Crippen LogP contribution in [0.15, 0.2) is 12.1 Å². The van der Waals surface area contributed by atoms with Gasteiger partial charge in [0.2, 0.25) is 0 Å². The Hall–Kier alpha value is -1.63. The van der Waals surface area contributed by atoms with Gasteiger partial charge in [-0.05, 0) is 42.7 Å². The lowest BCUT2D eigenvalue weighted by atomic mass is 9.78. The fraction of sp³-hybridized carbons (Fsp3) is 0.588. The van der Waals surface area contributed by atoms with Crippen LogP contribution in [0.3, 0.4) is 0 Å². The van der Waals surface area contributed by atoms with Gasteiger partial charge in [-0.1, -0.05) is 26.7 Å². The van der Waals surface area contributed by atoms with E-state index in [9.17, 15) is 8.78 Å². The quantitative estimate of drug-likeness (QED) is 0.841. The van der Waals surface area contributed by atoms with Crippen molar-refractivity contribution in [2.24, 2.45) is 11.3 Å². The third-order valence-electron chi connectivity index (χ3n) is 4.36. The molecule has 1 aromatic rings. The summed E-state index contributed by atoms with van der Waals surface area (Å²) in [7, 11) is 0. The SMILES string of the molecule is CC(C)CC1(CNc2ccc(C#N)c(F)c2F)CCCC1. The number of hydrogen-bond donors (Lipinski definition) is 1. The average molecular weight is 292 g/mol. The second kappa shape index (κ2) is 6.43. The Morgan fingerprint density at radius 3 is 2.48 bits per heavy atom. The lowest BCUT2D eigenvalue weighted by Crippen LogP contribution is -2.28. The van der Waals surface area contributed by atoms with Gasteiger partial charge in [0.25, 0.3) is 0 Å². The Morgan fingerprint density at radius 2 is 1.90 bits per heavy atom. The standard InChI is InChI=1S/C17H22F2N2/c1-12(2)9-17(7-3-4-8-17)11-21-14-6-5-13(10-20)15(18)16(14)19/h5-6,12,21H,3-4,7-9,11H2,1-2H3. The van der Waals surface area contributed by atoms with Gasteiger partial charge in [0.05, 0.1) is 11.3 Å². The van der Waals surface area contributed by atoms with Gasteiger partial charge in [-0.3, -0.25) is 0 Å². The van der Waals surface area contributed by atoms with E-state index in [2.05, 4.69) is 19.2 Å². The van der Waals surface area contributed by atoms with Crippen molar-refractivity contribution in [3.05, 3.63) is 29.3 Å². The second-order valence-electron chi connectivity index (χ2n) is 6.56. The van der Waals surface area contributed by atoms with Gasteiger partial charge >= 0.3 is 0 Å². The molecule has 0 spiro atoms. The normalized spacial score (nSPS) is 17.0. The lowest BCUT2D eigenvalue weighted by molar-refractivity contribution is 0.252. The largest absolute Gasteiger partial charge is 0.382 e. The number of hydrogen-bond acceptors (Lipinski definition) is 2. The Bertz CT molecular complexity index is 540. The van der Waals surface area contributed by atoms with E-state index in [4.69, 9.17) is 5.26 Å². The van der Waals surface area contributed by atoms with E-state index in [1.165, 1.54) is 25.0 Å². The predicted octanol–water partition coefficient (Wildman–Crippen LogP) is 4.85. The van der Waals surface area contributed by atoms with E-state index in [0.29, 0.717) is 12.5 Å². The number of benzene rings is 1. The zero-order valence-corrected chi connectivity index (χ0v) is 12.7. The molecule has 0 aliphatic heterocycles. The van der Waals surface area contributed by atoms with Crippen molar-refractivity contribution in [1.29, 1.82) is 5.26 Å². The summed E-state index contributed by atoms with van der Waals surface area (Å²) < 4.78 is 27.6. The molecule has 1 aliphatic rings. The molecule has 0 bridgehead atoms. The summed E-state index contributed by atoms with van der Waals surface area (Å²) in [5, 5.41) is 11.8. The Morgan fingerprint density at radius 1 is 1.24 bits per heavy atom. The smallest absolute Gasteiger partial charge is 0.183 e. The highest BCUT2D eigenvalue weighted by Crippen LogP contribution is 2.43. The molecule has 0 unspecified atom stereocenters. The summed E-state index contributed by atoms with van der Waals surface area (Å²) in [6.07, 6.45) is 5.79. The number of anilines is 1. The van der Waals surface area contributed by atoms with Crippen molar-refractivity contribution in [3.63, 3.8) is 0 Å². The highest BCUT2D eigenvalue weighted by Gasteiger charge is 2.34. The molecule has 0 atom stereocenters. The minimum atomic E-state index is -1.06. The monoisotopic (exact) mass is 292 g/mol. The first-order chi connectivity index (χ1) is 9.97. The lowest BCUT2D eigenvalue weighted by Gasteiger charge is -2.31. The minimum absolute atomic E-state index is 0.154. The van der Waals surface area contributed by atoms with E-state index in [1.807, 2.05) is 0 Å². The minimum Gasteiger partial charge on any atom is -0.382 e. The molecule has 0 amide bonds. The number of rotatable bonds is 5. The van der Waals surface area contributed by atoms with Crippen molar-refractivity contribution in [1.82, 2.24) is 0 Å². The van der Waals surface area contributed by atoms with Gasteiger partial charge in [-0.2, -0.15) is 5.26 Å². The molecular weight excluding hydrogens is 270 g/mol. The third-order valence-corrected chi connectivity index (χ3v) is 4.36. The van der Waals surface area contributed by atoms with Crippen LogP contribution in [0.5, 0.6) is 0 Å². The van der Waals surface area contributed by atoms with Crippen LogP contribution in [0.1, 0.15) is 51.5 Å². The Labute approximate surface area is 125 Å². The predicted molar refractivity (Wildman–Crippen MR) is 79.9 cm³/mol. The van der Waals surface area contributed by atoms with Gasteiger partial charge < -0.3 is 5.32 Å². The molecule has 1 aromatic carbocycles. The van der Waals surface area contributed by atoms with Crippen molar-refractivity contribution >= 4 is 5.69 Å². The van der Waals surface area contributed by atoms with Gasteiger partial charge in [-0.25, -0.2) is 8.78 Å². The molecule has 1 aliphatic carbocycles. The van der Waals surface area contributed by atoms with Gasteiger partial charge in [-0.15, -0.1) is 0 Å². The first-order valence-corrected chi connectivity index (χ1v) is 7.59. The molecule has 1 saturated carbocycles. The third kappa shape index (κ3) is 3.53. The van der Waals surface area contributed by atoms with Crippen LogP contribution in [-0.4, -0.2) is 6.54 Å². The summed E-state index contributed by atoms with van der Waals surface area (Å²) in [6.45, 7) is 5.05. The van der Waals surface area contributed by atoms with E-state index in [0.717, 1.165) is 19.3 Å². The molecule has 0 aromatic heterocycles. The number of nitriles is 1. The summed E-state index contributed by atoms with van der Waals surface area (Å²) in [6, 6.07) is 4.43. The van der Waals surface area contributed by atoms with Crippen LogP contribution in [0.2, 0.25) is 0 Å². The summed E-state index contributed by atoms with van der Waals surface area (Å²) in [4.78, 5) is 0. The molecule has 1 N–H and O–H groups in total. The number of nitrogens with zero attached hydrogens (tertiary/aromatic N) is 1. The van der Waals surface area contributed by atoms with Crippen LogP contribution < -0.4 is 5.32 Å². The maximum absolute atomic E-state index is 13.9. The molecule has 0 heterocycles. The molecule has 0 saturated heterocycles. The van der Waals surface area contributed by atoms with Gasteiger partial charge in [0.15, 0.2) is 11.6 Å². The van der Waals surface area contributed by atoms with E-state index in [1.54, 1.807) is 6.07 Å². The number of nitrogens with one attached hydrogen (secondary N) is 1. The summed E-state index contributed by atoms with van der Waals surface area (Å²) in [5.41, 5.74) is 0.0858. The number of halogens is 2. The zero-order chi connectivity index (χ0) is 15.5. The summed E-state index contributed by atoms with van der Waals surface area (Å²) in [5.74, 6) is -1.42. The molecule has 2 nitrogen and oxygen atoms in total. The first-order valence-electron chi connectivity index (χ1n) is 7.59. The fourth-order valence-corrected chi connectivity index (χ4v) is 3.50. The average Bonchev–Trinajstić information content (AvgIpc) is 2.88. The van der Waals surface area contributed by atoms with Gasteiger partial charge in [0.1, 0.15) is 6.07 Å². The van der Waals surface area contributed by atoms with Crippen LogP contribution >= 0.6 is 0 Å². The van der Waals surface area contributed by atoms with Crippen molar-refractivity contribution in [2.75, 3.05) is 11.9 Å². The molecule has 1 fully saturated rings. The molecule has 4 heteroatoms. The molecule has 21 heavy (non-hydrogen) atoms. The van der Waals surface area contributed by atoms with E-state index >= 15 is 0 Å². The molecular formula is C17H22F2N2. The summed E-state index contributed by atoms with van der Waals surface area (Å²) >= 11 is 0. The van der Waals surface area contributed by atoms with Crippen LogP contribution in [0.4, 0.5) is 14.5 Å². The fourth-order valence-electron chi connectivity index (χ4n) is 3.50. The first kappa shape index (κ1) is 15.8. The van der Waals surface area contributed by atoms with Crippen LogP contribution in [0, 0.1) is 34.3 Å². The molecule has 114 valence electrons. The molecule has 0 radical (unpaired) electrons. The molecule has 2 rings (SSSR count). The maximum Gasteiger partial charge on any atom is 0.183 e. The highest BCUT2D eigenvalue weighted by atomic mass is 19.2. The van der Waals surface area contributed by atoms with Crippen LogP contribution in [0.25, 0.3) is 0 Å². The zero-order valence-electron chi connectivity index (χ0n) is 12.7. The van der Waals surface area contributed by atoms with Crippen molar-refractivity contribution < 1.29 is 8.78 Å².